The van der Waals surface area contributed by atoms with Gasteiger partial charge in [0.1, 0.15) is 37.5 Å². The van der Waals surface area contributed by atoms with Gasteiger partial charge >= 0.3 is 12.1 Å². The summed E-state index contributed by atoms with van der Waals surface area (Å²) in [5.74, 6) is -4.93. The number of halogens is 1. The molecule has 0 aliphatic carbocycles. The first kappa shape index (κ1) is 62.4. The summed E-state index contributed by atoms with van der Waals surface area (Å²) in [5.41, 5.74) is -3.35. The fourth-order valence-electron chi connectivity index (χ4n) is 11.9. The molecule has 0 bridgehead atoms. The van der Waals surface area contributed by atoms with Gasteiger partial charge in [0.2, 0.25) is 5.91 Å². The monoisotopic (exact) mass is 1090 g/mol. The van der Waals surface area contributed by atoms with Crippen molar-refractivity contribution in [3.8, 4) is 0 Å². The number of rotatable bonds is 18. The number of alkyl halides is 1. The van der Waals surface area contributed by atoms with Crippen LogP contribution in [0.4, 0.5) is 9.18 Å². The zero-order valence-corrected chi connectivity index (χ0v) is 47.4. The number of aliphatic hydroxyl groups is 2. The molecule has 4 aliphatic rings. The smallest absolute Gasteiger partial charge is 0.412 e. The number of esters is 1. The first-order chi connectivity index (χ1) is 35.0. The molecule has 0 radical (unpaired) electrons. The number of ketones is 1. The van der Waals surface area contributed by atoms with E-state index in [4.69, 9.17) is 42.6 Å². The number of benzene rings is 1. The number of fused-ring (bicyclic) bond motifs is 1. The van der Waals surface area contributed by atoms with Gasteiger partial charge in [0.15, 0.2) is 28.0 Å². The van der Waals surface area contributed by atoms with Gasteiger partial charge in [-0.05, 0) is 92.0 Å². The van der Waals surface area contributed by atoms with Crippen LogP contribution in [0.5, 0.6) is 0 Å². The van der Waals surface area contributed by atoms with Gasteiger partial charge in [0.05, 0.1) is 58.5 Å². The average Bonchev–Trinajstić information content (AvgIpc) is 3.62. The molecule has 75 heavy (non-hydrogen) atoms. The Labute approximate surface area is 443 Å². The highest BCUT2D eigenvalue weighted by atomic mass is 32.2. The highest BCUT2D eigenvalue weighted by molar-refractivity contribution is 7.90. The number of hydrogen-bond donors (Lipinski definition) is 3. The molecule has 22 heteroatoms. The third-order valence-corrected chi connectivity index (χ3v) is 17.5. The van der Waals surface area contributed by atoms with Crippen LogP contribution in [0.15, 0.2) is 29.2 Å². The Kier molecular flexibility index (Phi) is 21.3. The van der Waals surface area contributed by atoms with Gasteiger partial charge < -0.3 is 63.1 Å². The van der Waals surface area contributed by atoms with Crippen LogP contribution in [0.3, 0.4) is 0 Å². The van der Waals surface area contributed by atoms with E-state index in [1.165, 1.54) is 38.4 Å². The van der Waals surface area contributed by atoms with Gasteiger partial charge in [0, 0.05) is 70.8 Å². The maximum Gasteiger partial charge on any atom is 0.412 e. The van der Waals surface area contributed by atoms with Crippen LogP contribution in [0.2, 0.25) is 0 Å². The molecular weight excluding hydrogens is 1000 g/mol. The van der Waals surface area contributed by atoms with Crippen LogP contribution in [0, 0.1) is 23.7 Å². The minimum atomic E-state index is -3.42. The van der Waals surface area contributed by atoms with E-state index in [2.05, 4.69) is 5.32 Å². The Hall–Kier alpha value is -3.42. The molecule has 4 heterocycles. The van der Waals surface area contributed by atoms with Crippen LogP contribution < -0.4 is 5.32 Å². The summed E-state index contributed by atoms with van der Waals surface area (Å²) in [6, 6.07) is 3.65. The number of amides is 2. The summed E-state index contributed by atoms with van der Waals surface area (Å²) in [4.78, 5) is 60.0. The molecule has 4 unspecified atom stereocenters. The Balaban J connectivity index is 1.49. The first-order valence-corrected chi connectivity index (χ1v) is 28.1. The van der Waals surface area contributed by atoms with Crippen molar-refractivity contribution in [3.05, 3.63) is 29.8 Å². The lowest BCUT2D eigenvalue weighted by Crippen LogP contribution is -2.62. The summed E-state index contributed by atoms with van der Waals surface area (Å²) in [5, 5.41) is 26.2. The third-order valence-electron chi connectivity index (χ3n) is 16.4. The fraction of sp³-hybridized carbons (Fsp3) is 0.811. The molecule has 3 N–H and O–H groups in total. The molecular formula is C53H86FN3O17S. The zero-order valence-electron chi connectivity index (χ0n) is 46.6. The third kappa shape index (κ3) is 14.1. The number of sulfone groups is 1. The lowest BCUT2D eigenvalue weighted by molar-refractivity contribution is -0.319. The topological polar surface area (TPSA) is 244 Å². The van der Waals surface area contributed by atoms with E-state index in [0.29, 0.717) is 12.0 Å². The Bertz CT molecular complexity index is 2210. The molecule has 20 nitrogen and oxygen atoms in total. The highest BCUT2D eigenvalue weighted by Crippen LogP contribution is 2.45. The minimum Gasteiger partial charge on any atom is -0.458 e. The van der Waals surface area contributed by atoms with Gasteiger partial charge in [-0.2, -0.15) is 0 Å². The molecule has 2 amide bonds. The minimum absolute atomic E-state index is 0.0422. The fourth-order valence-corrected chi connectivity index (χ4v) is 12.5. The van der Waals surface area contributed by atoms with Crippen molar-refractivity contribution in [2.45, 2.75) is 203 Å². The second-order valence-electron chi connectivity index (χ2n) is 22.2. The highest BCUT2D eigenvalue weighted by Gasteiger charge is 2.61. The van der Waals surface area contributed by atoms with E-state index < -0.39 is 148 Å². The number of carbonyl (C=O) groups excluding carboxylic acids is 4. The predicted octanol–water partition coefficient (Wildman–Crippen LogP) is 4.37. The molecule has 1 aromatic carbocycles. The van der Waals surface area contributed by atoms with Gasteiger partial charge in [-0.15, -0.1) is 0 Å². The quantitative estimate of drug-likeness (QED) is 0.173. The number of aliphatic hydroxyl groups excluding tert-OH is 2. The number of likely N-dealkylation sites (N-methyl/N-ethyl adjacent to an activating group) is 1. The number of ether oxygens (including phenoxy) is 9. The largest absolute Gasteiger partial charge is 0.458 e. The first-order valence-electron chi connectivity index (χ1n) is 26.2. The standard InChI is InChI=1S/C53H86FN3O17S/c1-16-39-53(10)45(57(28-66-12)50(63)74-53)31(4)42(59)29(2)25-52(9,68-14)47(32(5)44(33(6)48(62)71-39)72-41-26-51(8,67-13)46(61)34(7)70-41)73-49-43(60)38(23-30(3)69-49)56(11)22-21-40(58)55-36(27-54)24-35-17-19-37(20-18-35)75(15,64)65/h17-20,29-34,36,38-39,41,43-47,49,60-61H,16,21-28H2,1-15H3,(H,55,58)/t29-,30-,31+,32+,33-,34+,36+,38+,39-,41+,43-,44+,45?,46+,47-,49+,51?,52?,53?/m1/s1. The average molecular weight is 1090 g/mol. The zero-order chi connectivity index (χ0) is 56.1. The van der Waals surface area contributed by atoms with E-state index in [1.54, 1.807) is 81.5 Å². The maximum absolute atomic E-state index is 14.9. The lowest BCUT2D eigenvalue weighted by atomic mass is 9.73. The Morgan fingerprint density at radius 1 is 0.947 bits per heavy atom. The van der Waals surface area contributed by atoms with Crippen molar-refractivity contribution < 1.29 is 84.8 Å². The van der Waals surface area contributed by atoms with Gasteiger partial charge in [-0.25, -0.2) is 17.6 Å². The van der Waals surface area contributed by atoms with Crippen molar-refractivity contribution in [3.63, 3.8) is 0 Å². The number of nitrogens with one attached hydrogen (secondary N) is 1. The summed E-state index contributed by atoms with van der Waals surface area (Å²) in [7, 11) is 2.72. The SMILES string of the molecule is CC[C@H]1OC(=O)[C@H](C)[C@@H](O[C@H]2CC(C)(OC)[C@@H](O)[C@H](C)O2)[C@H](C)[C@@H](O[C@@H]2O[C@H](C)C[C@H](N(C)CCC(=O)N[C@H](CF)Cc3ccc(S(C)(=O)=O)cc3)[C@H]2O)C(C)(OC)C[C@@H](C)C(=O)[C@H](C)C2N(COC)C(=O)OC21C. The van der Waals surface area contributed by atoms with Gasteiger partial charge in [-0.1, -0.05) is 39.8 Å². The van der Waals surface area contributed by atoms with E-state index >= 15 is 0 Å². The van der Waals surface area contributed by atoms with E-state index in [1.807, 2.05) is 11.8 Å². The molecule has 4 saturated heterocycles. The van der Waals surface area contributed by atoms with Crippen LogP contribution in [0.25, 0.3) is 0 Å². The van der Waals surface area contributed by atoms with Crippen LogP contribution in [-0.4, -0.2) is 197 Å². The molecule has 5 rings (SSSR count). The Morgan fingerprint density at radius 3 is 2.16 bits per heavy atom. The second-order valence-corrected chi connectivity index (χ2v) is 24.2. The van der Waals surface area contributed by atoms with E-state index in [0.717, 1.165) is 6.26 Å². The molecule has 0 spiro atoms. The number of Topliss-reactive ketones (excluding diaryl/α,β-unsaturated/α-hetero) is 1. The van der Waals surface area contributed by atoms with Crippen LogP contribution >= 0.6 is 0 Å². The van der Waals surface area contributed by atoms with Gasteiger partial charge in [0.25, 0.3) is 0 Å². The van der Waals surface area contributed by atoms with Crippen LogP contribution in [-0.2, 0) is 73.3 Å². The molecule has 0 aromatic heterocycles. The molecule has 0 saturated carbocycles. The number of hydrogen-bond acceptors (Lipinski definition) is 18. The van der Waals surface area contributed by atoms with Crippen molar-refractivity contribution in [1.82, 2.24) is 15.1 Å². The van der Waals surface area contributed by atoms with E-state index in [9.17, 15) is 42.2 Å². The molecule has 19 atom stereocenters. The van der Waals surface area contributed by atoms with Crippen molar-refractivity contribution >= 4 is 33.6 Å². The van der Waals surface area contributed by atoms with Crippen molar-refractivity contribution in [1.29, 1.82) is 0 Å². The van der Waals surface area contributed by atoms with E-state index in [-0.39, 0.29) is 56.1 Å². The van der Waals surface area contributed by atoms with Crippen LogP contribution in [0.1, 0.15) is 107 Å². The van der Waals surface area contributed by atoms with Crippen molar-refractivity contribution in [2.24, 2.45) is 23.7 Å². The molecule has 4 aliphatic heterocycles. The number of nitrogens with zero attached hydrogens (tertiary/aromatic N) is 2. The lowest BCUT2D eigenvalue weighted by Gasteiger charge is -2.50. The predicted molar refractivity (Wildman–Crippen MR) is 272 cm³/mol. The normalized spacial score (nSPS) is 38.8. The van der Waals surface area contributed by atoms with Gasteiger partial charge in [-0.3, -0.25) is 19.3 Å². The maximum atomic E-state index is 14.9. The molecule has 1 aromatic rings. The number of methoxy groups -OCH3 is 3. The molecule has 4 fully saturated rings. The van der Waals surface area contributed by atoms with Crippen molar-refractivity contribution in [2.75, 3.05) is 54.6 Å². The molecule has 428 valence electrons. The Morgan fingerprint density at radius 2 is 1.59 bits per heavy atom. The number of carbonyl (C=O) groups is 4. The summed E-state index contributed by atoms with van der Waals surface area (Å²) in [6.45, 7) is 16.5. The second kappa shape index (κ2) is 25.6. The number of cyclic esters (lactones) is 1. The summed E-state index contributed by atoms with van der Waals surface area (Å²) >= 11 is 0. The summed E-state index contributed by atoms with van der Waals surface area (Å²) < 4.78 is 94.8. The summed E-state index contributed by atoms with van der Waals surface area (Å²) in [6.07, 6.45) is -8.13.